The van der Waals surface area contributed by atoms with Crippen molar-refractivity contribution in [1.29, 1.82) is 0 Å². The van der Waals surface area contributed by atoms with E-state index < -0.39 is 11.3 Å². The zero-order valence-electron chi connectivity index (χ0n) is 20.6. The molecule has 0 radical (unpaired) electrons. The fraction of sp³-hybridized carbons (Fsp3) is 0.308. The van der Waals surface area contributed by atoms with Crippen molar-refractivity contribution in [3.8, 4) is 16.5 Å². The van der Waals surface area contributed by atoms with Gasteiger partial charge in [0.25, 0.3) is 0 Å². The number of thiazole rings is 1. The van der Waals surface area contributed by atoms with Crippen LogP contribution in [-0.4, -0.2) is 60.6 Å². The first-order valence-corrected chi connectivity index (χ1v) is 12.5. The number of carbonyl (C=O) groups is 1. The molecule has 11 heteroatoms. The average Bonchev–Trinajstić information content (AvgIpc) is 3.55. The van der Waals surface area contributed by atoms with Gasteiger partial charge in [0, 0.05) is 42.5 Å². The average molecular weight is 526 g/mol. The van der Waals surface area contributed by atoms with Crippen LogP contribution in [0.4, 0.5) is 4.39 Å². The van der Waals surface area contributed by atoms with Crippen molar-refractivity contribution in [1.82, 2.24) is 23.8 Å². The van der Waals surface area contributed by atoms with Crippen LogP contribution in [0.25, 0.3) is 16.5 Å². The van der Waals surface area contributed by atoms with Crippen LogP contribution in [-0.2, 0) is 16.1 Å². The summed E-state index contributed by atoms with van der Waals surface area (Å²) in [6.07, 6.45) is 4.71. The first-order chi connectivity index (χ1) is 17.8. The summed E-state index contributed by atoms with van der Waals surface area (Å²) in [4.78, 5) is 37.2. The van der Waals surface area contributed by atoms with Crippen LogP contribution in [0.15, 0.2) is 60.8 Å². The fourth-order valence-electron chi connectivity index (χ4n) is 4.14. The van der Waals surface area contributed by atoms with E-state index in [-0.39, 0.29) is 41.8 Å². The highest BCUT2D eigenvalue weighted by atomic mass is 32.1. The van der Waals surface area contributed by atoms with E-state index in [9.17, 15) is 19.1 Å². The SMILES string of the molecule is C=C.CC1CN(C(=O)Cn2ccn3c(=O)c(O)c(-c4ncc(C(C)c5ccc(F)cc5)s4)nc23)CCO1. The molecule has 194 valence electrons. The summed E-state index contributed by atoms with van der Waals surface area (Å²) >= 11 is 1.30. The molecule has 3 aromatic heterocycles. The molecule has 1 aromatic carbocycles. The Balaban J connectivity index is 0.00000156. The highest BCUT2D eigenvalue weighted by molar-refractivity contribution is 7.15. The molecule has 5 rings (SSSR count). The molecule has 1 amide bonds. The number of hydrogen-bond acceptors (Lipinski definition) is 7. The van der Waals surface area contributed by atoms with E-state index in [0.29, 0.717) is 24.7 Å². The molecule has 1 aliphatic rings. The van der Waals surface area contributed by atoms with Gasteiger partial charge < -0.3 is 19.3 Å². The summed E-state index contributed by atoms with van der Waals surface area (Å²) in [6, 6.07) is 6.24. The molecule has 0 spiro atoms. The Morgan fingerprint density at radius 1 is 1.30 bits per heavy atom. The third-order valence-electron chi connectivity index (χ3n) is 6.15. The van der Waals surface area contributed by atoms with Gasteiger partial charge in [-0.25, -0.2) is 18.8 Å². The molecule has 1 saturated heterocycles. The maximum absolute atomic E-state index is 13.3. The molecule has 0 saturated carbocycles. The predicted molar refractivity (Wildman–Crippen MR) is 139 cm³/mol. The smallest absolute Gasteiger partial charge is 0.302 e. The molecule has 1 N–H and O–H groups in total. The number of hydrogen-bond donors (Lipinski definition) is 1. The first-order valence-electron chi connectivity index (χ1n) is 11.7. The molecular formula is C26H28FN5O4S. The molecule has 1 fully saturated rings. The second kappa shape index (κ2) is 11.1. The summed E-state index contributed by atoms with van der Waals surface area (Å²) in [5, 5.41) is 11.0. The lowest BCUT2D eigenvalue weighted by atomic mass is 10.0. The maximum atomic E-state index is 13.3. The number of benzene rings is 1. The van der Waals surface area contributed by atoms with Crippen LogP contribution in [0.2, 0.25) is 0 Å². The number of rotatable bonds is 5. The topological polar surface area (TPSA) is 102 Å². The summed E-state index contributed by atoms with van der Waals surface area (Å²) in [5.74, 6) is -0.749. The van der Waals surface area contributed by atoms with Crippen LogP contribution in [0.5, 0.6) is 5.75 Å². The van der Waals surface area contributed by atoms with E-state index in [2.05, 4.69) is 23.1 Å². The van der Waals surface area contributed by atoms with Gasteiger partial charge in [0.15, 0.2) is 5.69 Å². The number of aromatic nitrogens is 4. The Kier molecular flexibility index (Phi) is 7.84. The molecule has 2 unspecified atom stereocenters. The third-order valence-corrected chi connectivity index (χ3v) is 7.33. The van der Waals surface area contributed by atoms with Crippen molar-refractivity contribution in [3.63, 3.8) is 0 Å². The van der Waals surface area contributed by atoms with Crippen LogP contribution in [0.1, 0.15) is 30.2 Å². The minimum atomic E-state index is -0.639. The Bertz CT molecular complexity index is 1460. The lowest BCUT2D eigenvalue weighted by Gasteiger charge is -2.31. The molecule has 9 nitrogen and oxygen atoms in total. The maximum Gasteiger partial charge on any atom is 0.302 e. The van der Waals surface area contributed by atoms with Crippen molar-refractivity contribution in [3.05, 3.63) is 82.6 Å². The summed E-state index contributed by atoms with van der Waals surface area (Å²) < 4.78 is 21.6. The van der Waals surface area contributed by atoms with Crippen molar-refractivity contribution in [2.75, 3.05) is 19.7 Å². The second-order valence-corrected chi connectivity index (χ2v) is 9.63. The fourth-order valence-corrected chi connectivity index (χ4v) is 5.12. The lowest BCUT2D eigenvalue weighted by Crippen LogP contribution is -2.45. The normalized spacial score (nSPS) is 16.3. The van der Waals surface area contributed by atoms with Gasteiger partial charge in [-0.15, -0.1) is 24.5 Å². The van der Waals surface area contributed by atoms with Gasteiger partial charge in [0.05, 0.1) is 12.7 Å². The summed E-state index contributed by atoms with van der Waals surface area (Å²) in [6.45, 7) is 11.4. The molecule has 37 heavy (non-hydrogen) atoms. The molecule has 0 aliphatic carbocycles. The summed E-state index contributed by atoms with van der Waals surface area (Å²) in [5.41, 5.74) is 0.337. The highest BCUT2D eigenvalue weighted by Gasteiger charge is 2.24. The number of fused-ring (bicyclic) bond motifs is 1. The minimum Gasteiger partial charge on any atom is -0.501 e. The number of halogens is 1. The zero-order valence-corrected chi connectivity index (χ0v) is 21.4. The Hall–Kier alpha value is -3.83. The van der Waals surface area contributed by atoms with Crippen molar-refractivity contribution < 1.29 is 19.0 Å². The molecule has 1 aliphatic heterocycles. The van der Waals surface area contributed by atoms with Crippen LogP contribution >= 0.6 is 11.3 Å². The van der Waals surface area contributed by atoms with Gasteiger partial charge >= 0.3 is 5.56 Å². The van der Waals surface area contributed by atoms with Gasteiger partial charge in [-0.05, 0) is 24.6 Å². The molecule has 2 atom stereocenters. The quantitative estimate of drug-likeness (QED) is 0.399. The van der Waals surface area contributed by atoms with E-state index in [1.807, 2.05) is 13.8 Å². The number of aromatic hydroxyl groups is 1. The van der Waals surface area contributed by atoms with E-state index in [0.717, 1.165) is 10.4 Å². The number of nitrogens with zero attached hydrogens (tertiary/aromatic N) is 5. The van der Waals surface area contributed by atoms with Crippen molar-refractivity contribution in [2.45, 2.75) is 32.4 Å². The standard InChI is InChI=1S/C24H24FN5O4S.C2H4/c1-14-12-28(9-10-34-14)19(31)13-29-7-8-30-23(33)21(32)20(27-24(29)30)22-26-11-18(35-22)15(2)16-3-5-17(25)6-4-16;1-2/h3-8,11,14-15,32H,9-10,12-13H2,1-2H3;1-2H2. The van der Waals surface area contributed by atoms with Crippen LogP contribution in [0.3, 0.4) is 0 Å². The van der Waals surface area contributed by atoms with Gasteiger partial charge in [-0.3, -0.25) is 9.59 Å². The van der Waals surface area contributed by atoms with Crippen LogP contribution in [0, 0.1) is 5.82 Å². The van der Waals surface area contributed by atoms with Gasteiger partial charge in [-0.1, -0.05) is 19.1 Å². The number of amides is 1. The third kappa shape index (κ3) is 5.32. The lowest BCUT2D eigenvalue weighted by molar-refractivity contribution is -0.138. The zero-order chi connectivity index (χ0) is 26.7. The van der Waals surface area contributed by atoms with Crippen LogP contribution < -0.4 is 5.56 Å². The van der Waals surface area contributed by atoms with Crippen molar-refractivity contribution >= 4 is 23.0 Å². The van der Waals surface area contributed by atoms with E-state index >= 15 is 0 Å². The second-order valence-electron chi connectivity index (χ2n) is 8.57. The van der Waals surface area contributed by atoms with E-state index in [4.69, 9.17) is 4.74 Å². The Morgan fingerprint density at radius 3 is 2.73 bits per heavy atom. The monoisotopic (exact) mass is 525 g/mol. The van der Waals surface area contributed by atoms with E-state index in [1.54, 1.807) is 34.0 Å². The Labute approximate surface area is 217 Å². The molecule has 4 heterocycles. The molecule has 4 aromatic rings. The van der Waals surface area contributed by atoms with E-state index in [1.165, 1.54) is 34.1 Å². The largest absolute Gasteiger partial charge is 0.501 e. The van der Waals surface area contributed by atoms with Gasteiger partial charge in [0.2, 0.25) is 17.4 Å². The number of carbonyl (C=O) groups excluding carboxylic acids is 1. The Morgan fingerprint density at radius 2 is 2.03 bits per heavy atom. The molecular weight excluding hydrogens is 497 g/mol. The molecule has 0 bridgehead atoms. The number of ether oxygens (including phenoxy) is 1. The van der Waals surface area contributed by atoms with Gasteiger partial charge in [0.1, 0.15) is 17.4 Å². The predicted octanol–water partition coefficient (Wildman–Crippen LogP) is 3.67. The summed E-state index contributed by atoms with van der Waals surface area (Å²) in [7, 11) is 0. The number of morpholine rings is 1. The number of imidazole rings is 1. The highest BCUT2D eigenvalue weighted by Crippen LogP contribution is 2.34. The minimum absolute atomic E-state index is 0.00456. The van der Waals surface area contributed by atoms with Crippen molar-refractivity contribution in [2.24, 2.45) is 0 Å². The van der Waals surface area contributed by atoms with Gasteiger partial charge in [-0.2, -0.15) is 0 Å². The first kappa shape index (κ1) is 26.2.